The van der Waals surface area contributed by atoms with Gasteiger partial charge in [-0.15, -0.1) is 0 Å². The number of rotatable bonds is 17. The Hall–Kier alpha value is -4.74. The number of carboxylic acids is 4. The number of carboxylic acid groups (broad SMARTS) is 4. The normalized spacial score (nSPS) is 13.8. The number of fused-ring (bicyclic) bond motifs is 1. The Morgan fingerprint density at radius 3 is 2.07 bits per heavy atom. The number of furan rings is 1. The molecule has 0 bridgehead atoms. The maximum absolute atomic E-state index is 12.0. The number of benzene rings is 1. The van der Waals surface area contributed by atoms with Crippen LogP contribution in [0.25, 0.3) is 17.0 Å². The molecule has 2 heterocycles. The topological polar surface area (TPSA) is 228 Å². The zero-order valence-corrected chi connectivity index (χ0v) is 22.1. The molecule has 41 heavy (non-hydrogen) atoms. The fraction of sp³-hybridized carbons (Fsp3) is 0.333. The van der Waals surface area contributed by atoms with Crippen molar-refractivity contribution in [3.8, 4) is 5.75 Å². The summed E-state index contributed by atoms with van der Waals surface area (Å²) in [6.45, 7) is -2.31. The van der Waals surface area contributed by atoms with Crippen LogP contribution in [0.1, 0.15) is 5.76 Å². The summed E-state index contributed by atoms with van der Waals surface area (Å²) in [6.07, 6.45) is 1.41. The number of carbonyl (C=O) groups is 5. The van der Waals surface area contributed by atoms with Gasteiger partial charge in [0, 0.05) is 24.1 Å². The van der Waals surface area contributed by atoms with E-state index >= 15 is 0 Å². The molecule has 1 fully saturated rings. The number of thiocarbonyl (C=S) groups is 1. The summed E-state index contributed by atoms with van der Waals surface area (Å²) in [5, 5.41) is 42.2. The molecule has 1 aromatic carbocycles. The molecule has 0 aliphatic carbocycles. The lowest BCUT2D eigenvalue weighted by atomic mass is 10.2. The summed E-state index contributed by atoms with van der Waals surface area (Å²) in [5.74, 6) is -5.02. The van der Waals surface area contributed by atoms with Crippen LogP contribution < -0.4 is 20.3 Å². The molecule has 6 N–H and O–H groups in total. The van der Waals surface area contributed by atoms with E-state index in [1.165, 1.54) is 23.1 Å². The predicted molar refractivity (Wildman–Crippen MR) is 144 cm³/mol. The van der Waals surface area contributed by atoms with Crippen molar-refractivity contribution in [2.75, 3.05) is 57.4 Å². The molecule has 1 saturated heterocycles. The minimum atomic E-state index is -1.29. The highest BCUT2D eigenvalue weighted by atomic mass is 32.1. The van der Waals surface area contributed by atoms with Crippen molar-refractivity contribution in [2.24, 2.45) is 0 Å². The summed E-state index contributed by atoms with van der Waals surface area (Å²) in [4.78, 5) is 58.9. The van der Waals surface area contributed by atoms with E-state index in [0.717, 1.165) is 4.90 Å². The molecule has 0 saturated carbocycles. The number of aliphatic carboxylic acids is 4. The van der Waals surface area contributed by atoms with Crippen molar-refractivity contribution in [2.45, 2.75) is 0 Å². The van der Waals surface area contributed by atoms with Crippen LogP contribution in [-0.2, 0) is 28.7 Å². The lowest BCUT2D eigenvalue weighted by Crippen LogP contribution is -2.37. The number of anilines is 1. The lowest BCUT2D eigenvalue weighted by molar-refractivity contribution is -0.142. The van der Waals surface area contributed by atoms with E-state index in [4.69, 9.17) is 36.3 Å². The lowest BCUT2D eigenvalue weighted by Gasteiger charge is -2.23. The first kappa shape index (κ1) is 30.8. The second-order valence-corrected chi connectivity index (χ2v) is 8.98. The molecule has 1 aromatic heterocycles. The van der Waals surface area contributed by atoms with Gasteiger partial charge in [0.15, 0.2) is 5.11 Å². The third kappa shape index (κ3) is 9.45. The first-order valence-electron chi connectivity index (χ1n) is 11.9. The standard InChI is InChI=1S/C24H26N4O12S/c29-19(30)9-27(10-20(31)32)1-2-38-3-4-39-18-6-13-5-14(7-15-23(37)26-24(41)25-15)40-17(13)8-16(18)28(11-21(33)34)12-22(35)36/h5-8H,1-4,9-12H2,(H,29,30)(H,31,32)(H,33,34)(H,35,36)(H2,25,26,37,41). The molecule has 1 amide bonds. The van der Waals surface area contributed by atoms with Gasteiger partial charge in [-0.1, -0.05) is 0 Å². The number of carbonyl (C=O) groups excluding carboxylic acids is 1. The molecule has 3 rings (SSSR count). The average Bonchev–Trinajstić information content (AvgIpc) is 3.39. The van der Waals surface area contributed by atoms with Crippen LogP contribution in [0, 0.1) is 0 Å². The molecule has 1 aliphatic rings. The van der Waals surface area contributed by atoms with Crippen LogP contribution in [0.4, 0.5) is 5.69 Å². The van der Waals surface area contributed by atoms with Crippen molar-refractivity contribution in [3.63, 3.8) is 0 Å². The van der Waals surface area contributed by atoms with Gasteiger partial charge in [0.2, 0.25) is 0 Å². The summed E-state index contributed by atoms with van der Waals surface area (Å²) in [6, 6.07) is 4.52. The summed E-state index contributed by atoms with van der Waals surface area (Å²) >= 11 is 4.91. The minimum Gasteiger partial charge on any atom is -0.489 e. The first-order chi connectivity index (χ1) is 19.4. The Morgan fingerprint density at radius 2 is 1.51 bits per heavy atom. The second kappa shape index (κ2) is 14.1. The van der Waals surface area contributed by atoms with Gasteiger partial charge in [-0.2, -0.15) is 0 Å². The van der Waals surface area contributed by atoms with Gasteiger partial charge in [0.1, 0.15) is 42.5 Å². The molecule has 1 aliphatic heterocycles. The van der Waals surface area contributed by atoms with Crippen molar-refractivity contribution < 1.29 is 58.3 Å². The van der Waals surface area contributed by atoms with E-state index in [1.807, 2.05) is 0 Å². The van der Waals surface area contributed by atoms with Crippen LogP contribution in [0.15, 0.2) is 28.3 Å². The van der Waals surface area contributed by atoms with Gasteiger partial charge in [-0.3, -0.25) is 34.2 Å². The SMILES string of the molecule is O=C(O)CN(CCOCCOc1cc2cc(C=C3NC(=S)NC3=O)oc2cc1N(CC(=O)O)CC(=O)O)CC(=O)O. The van der Waals surface area contributed by atoms with Gasteiger partial charge in [-0.05, 0) is 24.4 Å². The fourth-order valence-corrected chi connectivity index (χ4v) is 3.99. The highest BCUT2D eigenvalue weighted by Crippen LogP contribution is 2.35. The van der Waals surface area contributed by atoms with Crippen LogP contribution in [0.5, 0.6) is 5.75 Å². The maximum atomic E-state index is 12.0. The van der Waals surface area contributed by atoms with E-state index in [2.05, 4.69) is 10.6 Å². The smallest absolute Gasteiger partial charge is 0.323 e. The third-order valence-corrected chi connectivity index (χ3v) is 5.58. The number of nitrogens with zero attached hydrogens (tertiary/aromatic N) is 2. The van der Waals surface area contributed by atoms with E-state index in [1.54, 1.807) is 6.07 Å². The van der Waals surface area contributed by atoms with Crippen LogP contribution in [-0.4, -0.2) is 113 Å². The van der Waals surface area contributed by atoms with Crippen molar-refractivity contribution in [3.05, 3.63) is 29.7 Å². The van der Waals surface area contributed by atoms with Gasteiger partial charge in [0.25, 0.3) is 5.91 Å². The maximum Gasteiger partial charge on any atom is 0.323 e. The Bertz CT molecular complexity index is 1360. The summed E-state index contributed by atoms with van der Waals surface area (Å²) < 4.78 is 17.0. The number of nitrogens with one attached hydrogen (secondary N) is 2. The van der Waals surface area contributed by atoms with Gasteiger partial charge >= 0.3 is 23.9 Å². The van der Waals surface area contributed by atoms with Crippen molar-refractivity contribution in [1.82, 2.24) is 15.5 Å². The molecule has 0 radical (unpaired) electrons. The van der Waals surface area contributed by atoms with E-state index in [9.17, 15) is 34.2 Å². The Morgan fingerprint density at radius 1 is 0.878 bits per heavy atom. The quantitative estimate of drug-likeness (QED) is 0.0779. The zero-order chi connectivity index (χ0) is 30.1. The highest BCUT2D eigenvalue weighted by Gasteiger charge is 2.23. The largest absolute Gasteiger partial charge is 0.489 e. The molecule has 2 aromatic rings. The summed E-state index contributed by atoms with van der Waals surface area (Å²) in [7, 11) is 0. The molecule has 17 heteroatoms. The molecular formula is C24H26N4O12S. The monoisotopic (exact) mass is 594 g/mol. The van der Waals surface area contributed by atoms with Gasteiger partial charge < -0.3 is 44.5 Å². The van der Waals surface area contributed by atoms with Crippen LogP contribution in [0.2, 0.25) is 0 Å². The molecular weight excluding hydrogens is 568 g/mol. The highest BCUT2D eigenvalue weighted by molar-refractivity contribution is 7.80. The van der Waals surface area contributed by atoms with Crippen molar-refractivity contribution in [1.29, 1.82) is 0 Å². The number of hydrogen-bond acceptors (Lipinski definition) is 11. The van der Waals surface area contributed by atoms with Crippen molar-refractivity contribution >= 4 is 69.8 Å². The Balaban J connectivity index is 1.78. The number of amides is 1. The minimum absolute atomic E-state index is 0.00474. The predicted octanol–water partition coefficient (Wildman–Crippen LogP) is -0.380. The Labute approximate surface area is 236 Å². The second-order valence-electron chi connectivity index (χ2n) is 8.58. The Kier molecular flexibility index (Phi) is 10.6. The average molecular weight is 595 g/mol. The molecule has 220 valence electrons. The number of ether oxygens (including phenoxy) is 2. The molecule has 0 spiro atoms. The van der Waals surface area contributed by atoms with Gasteiger partial charge in [-0.25, -0.2) is 0 Å². The van der Waals surface area contributed by atoms with E-state index < -0.39 is 56.0 Å². The van der Waals surface area contributed by atoms with Gasteiger partial charge in [0.05, 0.1) is 32.0 Å². The third-order valence-electron chi connectivity index (χ3n) is 5.37. The zero-order valence-electron chi connectivity index (χ0n) is 21.3. The number of hydrogen-bond donors (Lipinski definition) is 6. The molecule has 0 atom stereocenters. The molecule has 16 nitrogen and oxygen atoms in total. The van der Waals surface area contributed by atoms with E-state index in [0.29, 0.717) is 5.39 Å². The fourth-order valence-electron chi connectivity index (χ4n) is 3.79. The van der Waals surface area contributed by atoms with Crippen LogP contribution >= 0.6 is 12.2 Å². The molecule has 0 unspecified atom stereocenters. The first-order valence-corrected chi connectivity index (χ1v) is 12.3. The summed E-state index contributed by atoms with van der Waals surface area (Å²) in [5.41, 5.74) is 0.517. The van der Waals surface area contributed by atoms with E-state index in [-0.39, 0.29) is 60.0 Å². The van der Waals surface area contributed by atoms with Crippen LogP contribution in [0.3, 0.4) is 0 Å².